The molecule has 0 amide bonds. The molecule has 6 heterocycles. The molecule has 14 rings (SSSR count). The van der Waals surface area contributed by atoms with Gasteiger partial charge in [0.15, 0.2) is 0 Å². The van der Waals surface area contributed by atoms with Crippen LogP contribution in [-0.4, -0.2) is 34.3 Å². The largest absolute Gasteiger partial charge is 0.574 e. The van der Waals surface area contributed by atoms with Gasteiger partial charge in [-0.15, -0.1) is 46.0 Å². The smallest absolute Gasteiger partial charge is 0.124 e. The van der Waals surface area contributed by atoms with Crippen LogP contribution >= 0.6 is 0 Å². The standard InChI is InChI=1S/2C22H21N3.2C15H11N2.2Pt/c2*1-15-12-16(2)21(17(3)13-15)18-7-9-19(10-8-18)25-14-24(4)20-6-5-11-23-22(20)25;2*1-3-7-12(8-4-1)14-11-15(17-16-14)13-9-5-2-6-10-13;;/h2*5-9,11-14H,1-4H3;2*1-11H;;/q2*-2;2*-1;;. The Labute approximate surface area is 535 Å². The average Bonchev–Trinajstić information content (AvgIpc) is 4.18. The zero-order valence-electron chi connectivity index (χ0n) is 49.2. The minimum Gasteiger partial charge on any atom is -0.574 e. The number of aryl methyl sites for hydroxylation is 6. The van der Waals surface area contributed by atoms with E-state index in [2.05, 4.69) is 176 Å². The maximum atomic E-state index is 4.52. The maximum absolute atomic E-state index is 4.52. The van der Waals surface area contributed by atoms with Gasteiger partial charge in [0.2, 0.25) is 0 Å². The summed E-state index contributed by atoms with van der Waals surface area (Å²) in [6.07, 6.45) is 3.65. The van der Waals surface area contributed by atoms with E-state index in [-0.39, 0.29) is 42.1 Å². The summed E-state index contributed by atoms with van der Waals surface area (Å²) < 4.78 is 0. The number of hydrogen-bond donors (Lipinski definition) is 0. The first kappa shape index (κ1) is 61.6. The summed E-state index contributed by atoms with van der Waals surface area (Å²) in [5, 5.41) is 16.9. The van der Waals surface area contributed by atoms with Crippen molar-refractivity contribution < 1.29 is 42.1 Å². The van der Waals surface area contributed by atoms with Crippen LogP contribution in [0.4, 0.5) is 34.4 Å². The van der Waals surface area contributed by atoms with Crippen molar-refractivity contribution in [3.63, 3.8) is 0 Å². The van der Waals surface area contributed by atoms with Crippen LogP contribution in [0.1, 0.15) is 33.4 Å². The topological polar surface area (TPSA) is 92.7 Å². The molecular weight excluding hydrogens is 1420 g/mol. The molecular formula is C74H64N10Pt2-6. The van der Waals surface area contributed by atoms with Gasteiger partial charge in [0.05, 0.1) is 0 Å². The maximum Gasteiger partial charge on any atom is 0.124 e. The molecule has 0 fully saturated rings. The molecule has 0 spiro atoms. The van der Waals surface area contributed by atoms with Gasteiger partial charge < -0.3 is 40.0 Å². The van der Waals surface area contributed by atoms with Gasteiger partial charge in [-0.25, -0.2) is 9.97 Å². The van der Waals surface area contributed by atoms with E-state index in [1.54, 1.807) is 0 Å². The van der Waals surface area contributed by atoms with E-state index in [0.717, 1.165) is 79.4 Å². The van der Waals surface area contributed by atoms with E-state index in [1.807, 2.05) is 185 Å². The zero-order chi connectivity index (χ0) is 58.1. The molecule has 12 aromatic rings. The first-order valence-corrected chi connectivity index (χ1v) is 28.0. The second-order valence-electron chi connectivity index (χ2n) is 21.1. The molecule has 0 atom stereocenters. The van der Waals surface area contributed by atoms with Crippen LogP contribution in [0.3, 0.4) is 0 Å². The van der Waals surface area contributed by atoms with Gasteiger partial charge in [-0.1, -0.05) is 202 Å². The van der Waals surface area contributed by atoms with Crippen molar-refractivity contribution >= 4 is 34.4 Å². The van der Waals surface area contributed by atoms with Crippen LogP contribution < -0.4 is 29.8 Å². The average molecular weight is 1480 g/mol. The van der Waals surface area contributed by atoms with Crippen molar-refractivity contribution in [1.82, 2.24) is 30.4 Å². The van der Waals surface area contributed by atoms with Gasteiger partial charge in [-0.05, 0) is 102 Å². The molecule has 0 bridgehead atoms. The predicted octanol–water partition coefficient (Wildman–Crippen LogP) is 17.1. The van der Waals surface area contributed by atoms with Crippen LogP contribution in [-0.2, 0) is 42.1 Å². The van der Waals surface area contributed by atoms with Crippen LogP contribution in [0.15, 0.2) is 231 Å². The number of aromatic nitrogens is 6. The number of nitrogens with zero attached hydrogens (tertiary/aromatic N) is 10. The fourth-order valence-electron chi connectivity index (χ4n) is 10.9. The van der Waals surface area contributed by atoms with E-state index in [4.69, 9.17) is 0 Å². The van der Waals surface area contributed by atoms with Gasteiger partial charge >= 0.3 is 0 Å². The van der Waals surface area contributed by atoms with E-state index in [1.165, 1.54) is 55.6 Å². The number of anilines is 6. The summed E-state index contributed by atoms with van der Waals surface area (Å²) in [5.74, 6) is 1.88. The number of fused-ring (bicyclic) bond motifs is 2. The van der Waals surface area contributed by atoms with E-state index >= 15 is 0 Å². The summed E-state index contributed by atoms with van der Waals surface area (Å²) in [7, 11) is 4.07. The zero-order valence-corrected chi connectivity index (χ0v) is 53.7. The normalized spacial score (nSPS) is 11.8. The molecule has 0 saturated carbocycles. The van der Waals surface area contributed by atoms with E-state index in [0.29, 0.717) is 0 Å². The summed E-state index contributed by atoms with van der Waals surface area (Å²) >= 11 is 0. The Kier molecular flexibility index (Phi) is 20.3. The van der Waals surface area contributed by atoms with Gasteiger partial charge in [-0.2, -0.15) is 49.7 Å². The fourth-order valence-corrected chi connectivity index (χ4v) is 10.9. The molecule has 0 saturated heterocycles. The summed E-state index contributed by atoms with van der Waals surface area (Å²) in [6, 6.07) is 81.0. The second-order valence-corrected chi connectivity index (χ2v) is 21.1. The summed E-state index contributed by atoms with van der Waals surface area (Å²) in [6.45, 7) is 17.1. The number of benzene rings is 8. The molecule has 0 N–H and O–H groups in total. The molecule has 0 radical (unpaired) electrons. The van der Waals surface area contributed by atoms with E-state index in [9.17, 15) is 0 Å². The fraction of sp³-hybridized carbons (Fsp3) is 0.108. The summed E-state index contributed by atoms with van der Waals surface area (Å²) in [5.41, 5.74) is 25.1. The molecule has 86 heavy (non-hydrogen) atoms. The van der Waals surface area contributed by atoms with Crippen molar-refractivity contribution in [3.05, 3.63) is 290 Å². The van der Waals surface area contributed by atoms with Crippen LogP contribution in [0, 0.1) is 67.0 Å². The minimum atomic E-state index is 0. The quantitative estimate of drug-likeness (QED) is 0.137. The van der Waals surface area contributed by atoms with Gasteiger partial charge in [0.25, 0.3) is 0 Å². The first-order chi connectivity index (χ1) is 40.9. The molecule has 2 aliphatic heterocycles. The molecule has 2 aliphatic rings. The first-order valence-electron chi connectivity index (χ1n) is 28.0. The number of rotatable bonds is 8. The van der Waals surface area contributed by atoms with Crippen molar-refractivity contribution in [3.8, 4) is 67.3 Å². The van der Waals surface area contributed by atoms with E-state index < -0.39 is 0 Å². The monoisotopic (exact) mass is 1480 g/mol. The Morgan fingerprint density at radius 2 is 0.709 bits per heavy atom. The number of pyridine rings is 2. The molecule has 0 unspecified atom stereocenters. The molecule has 0 aliphatic carbocycles. The Hall–Kier alpha value is -8.94. The van der Waals surface area contributed by atoms with Crippen molar-refractivity contribution in [2.45, 2.75) is 41.5 Å². The third kappa shape index (κ3) is 14.1. The third-order valence-electron chi connectivity index (χ3n) is 14.7. The Bertz CT molecular complexity index is 3710. The van der Waals surface area contributed by atoms with Crippen LogP contribution in [0.2, 0.25) is 0 Å². The molecule has 436 valence electrons. The minimum absolute atomic E-state index is 0. The third-order valence-corrected chi connectivity index (χ3v) is 14.7. The Balaban J connectivity index is 0.000000138. The number of hydrogen-bond acceptors (Lipinski definition) is 8. The van der Waals surface area contributed by atoms with Crippen molar-refractivity contribution in [1.29, 1.82) is 0 Å². The Morgan fingerprint density at radius 3 is 1.03 bits per heavy atom. The summed E-state index contributed by atoms with van der Waals surface area (Å²) in [4.78, 5) is 17.4. The SMILES string of the molecule is Cc1cc(C)c(-c2c[c-]c(N3[CH-]N(C)c4cccnc43)cc2)c(C)c1.Cc1cc(C)c(-c2c[c-]c(N3[CH-]N(C)c4cccnc43)cc2)c(C)c1.[Pt].[Pt].c1ccc(-c2cc(-c3ccccc3)[n-]n2)cc1.c1ccc(-c2cc(-c3ccccc3)[n-]n2)cc1. The van der Waals surface area contributed by atoms with Crippen LogP contribution in [0.5, 0.6) is 0 Å². The van der Waals surface area contributed by atoms with Crippen molar-refractivity contribution in [2.24, 2.45) is 0 Å². The predicted molar refractivity (Wildman–Crippen MR) is 345 cm³/mol. The van der Waals surface area contributed by atoms with Gasteiger partial charge in [0, 0.05) is 77.3 Å². The second kappa shape index (κ2) is 28.3. The van der Waals surface area contributed by atoms with Gasteiger partial charge in [-0.3, -0.25) is 0 Å². The molecule has 4 aromatic heterocycles. The van der Waals surface area contributed by atoms with Gasteiger partial charge in [0.1, 0.15) is 11.6 Å². The van der Waals surface area contributed by atoms with Crippen molar-refractivity contribution in [2.75, 3.05) is 33.7 Å². The Morgan fingerprint density at radius 1 is 0.372 bits per heavy atom. The molecule has 12 heteroatoms. The molecule has 8 aromatic carbocycles. The molecule has 10 nitrogen and oxygen atoms in total. The van der Waals surface area contributed by atoms with Crippen LogP contribution in [0.25, 0.3) is 67.3 Å².